The molecule has 3 heterocycles. The van der Waals surface area contributed by atoms with E-state index >= 15 is 0 Å². The molecule has 1 amide bonds. The highest BCUT2D eigenvalue weighted by atomic mass is 16.6. The Labute approximate surface area is 138 Å². The Morgan fingerprint density at radius 2 is 2.00 bits per heavy atom. The molecular weight excluding hydrogens is 312 g/mol. The molecule has 0 atom stereocenters. The van der Waals surface area contributed by atoms with E-state index in [1.54, 1.807) is 9.47 Å². The van der Waals surface area contributed by atoms with Crippen LogP contribution in [0.2, 0.25) is 0 Å². The second kappa shape index (κ2) is 5.81. The first-order valence-electron chi connectivity index (χ1n) is 7.95. The molecule has 2 aromatic heterocycles. The standard InChI is InChI=1S/C15H22N6O3/c1-15(2,3)24-14(23)20-6-4-9(5-7-20)21-12-10(19-13(21)22)11(16)17-8-18-12/h8-9H,4-7H2,1-3H3,(H,19,22)(H2,16,17,18). The van der Waals surface area contributed by atoms with E-state index in [-0.39, 0.29) is 23.6 Å². The van der Waals surface area contributed by atoms with E-state index < -0.39 is 5.60 Å². The van der Waals surface area contributed by atoms with Gasteiger partial charge in [0.15, 0.2) is 11.5 Å². The number of nitrogen functional groups attached to an aromatic ring is 1. The number of carbonyl (C=O) groups is 1. The van der Waals surface area contributed by atoms with Gasteiger partial charge in [-0.15, -0.1) is 0 Å². The lowest BCUT2D eigenvalue weighted by Gasteiger charge is -2.33. The number of carbonyl (C=O) groups excluding carboxylic acids is 1. The molecule has 0 saturated carbocycles. The predicted molar refractivity (Wildman–Crippen MR) is 88.6 cm³/mol. The van der Waals surface area contributed by atoms with E-state index in [4.69, 9.17) is 10.5 Å². The van der Waals surface area contributed by atoms with Gasteiger partial charge >= 0.3 is 11.8 Å². The first-order chi connectivity index (χ1) is 11.3. The first kappa shape index (κ1) is 16.3. The second-order valence-electron chi connectivity index (χ2n) is 6.96. The number of nitrogens with two attached hydrogens (primary N) is 1. The van der Waals surface area contributed by atoms with E-state index in [0.717, 1.165) is 0 Å². The lowest BCUT2D eigenvalue weighted by molar-refractivity contribution is 0.0189. The average Bonchev–Trinajstić information content (AvgIpc) is 2.83. The molecule has 3 N–H and O–H groups in total. The van der Waals surface area contributed by atoms with Crippen molar-refractivity contribution in [3.05, 3.63) is 16.8 Å². The van der Waals surface area contributed by atoms with Gasteiger partial charge in [-0.05, 0) is 33.6 Å². The Morgan fingerprint density at radius 1 is 1.33 bits per heavy atom. The summed E-state index contributed by atoms with van der Waals surface area (Å²) in [5.41, 5.74) is 5.97. The molecule has 2 aromatic rings. The summed E-state index contributed by atoms with van der Waals surface area (Å²) >= 11 is 0. The first-order valence-corrected chi connectivity index (χ1v) is 7.95. The summed E-state index contributed by atoms with van der Waals surface area (Å²) in [7, 11) is 0. The van der Waals surface area contributed by atoms with E-state index in [1.165, 1.54) is 6.33 Å². The third-order valence-electron chi connectivity index (χ3n) is 4.02. The molecule has 1 fully saturated rings. The van der Waals surface area contributed by atoms with Crippen LogP contribution in [0.5, 0.6) is 0 Å². The van der Waals surface area contributed by atoms with Crippen molar-refractivity contribution in [1.29, 1.82) is 0 Å². The molecule has 130 valence electrons. The Balaban J connectivity index is 1.76. The second-order valence-corrected chi connectivity index (χ2v) is 6.96. The van der Waals surface area contributed by atoms with Crippen LogP contribution in [-0.4, -0.2) is 49.2 Å². The number of hydrogen-bond acceptors (Lipinski definition) is 6. The summed E-state index contributed by atoms with van der Waals surface area (Å²) in [5, 5.41) is 0. The van der Waals surface area contributed by atoms with Crippen molar-refractivity contribution in [1.82, 2.24) is 24.4 Å². The van der Waals surface area contributed by atoms with Crippen LogP contribution in [-0.2, 0) is 4.74 Å². The average molecular weight is 334 g/mol. The number of nitrogens with one attached hydrogen (secondary N) is 1. The molecule has 1 aliphatic heterocycles. The monoisotopic (exact) mass is 334 g/mol. The molecule has 24 heavy (non-hydrogen) atoms. The molecule has 0 aliphatic carbocycles. The predicted octanol–water partition coefficient (Wildman–Crippen LogP) is 1.27. The number of anilines is 1. The van der Waals surface area contributed by atoms with Crippen molar-refractivity contribution in [2.75, 3.05) is 18.8 Å². The fourth-order valence-corrected chi connectivity index (χ4v) is 2.93. The zero-order valence-electron chi connectivity index (χ0n) is 14.1. The maximum atomic E-state index is 12.3. The molecule has 1 saturated heterocycles. The number of fused-ring (bicyclic) bond motifs is 1. The zero-order chi connectivity index (χ0) is 17.5. The van der Waals surface area contributed by atoms with Crippen LogP contribution in [0, 0.1) is 0 Å². The SMILES string of the molecule is CC(C)(C)OC(=O)N1CCC(n2c(=O)[nH]c3c(N)ncnc32)CC1. The summed E-state index contributed by atoms with van der Waals surface area (Å²) in [6.45, 7) is 6.58. The highest BCUT2D eigenvalue weighted by Gasteiger charge is 2.29. The van der Waals surface area contributed by atoms with Crippen LogP contribution in [0.25, 0.3) is 11.2 Å². The van der Waals surface area contributed by atoms with Crippen LogP contribution in [0.1, 0.15) is 39.7 Å². The molecule has 9 nitrogen and oxygen atoms in total. The van der Waals surface area contributed by atoms with Gasteiger partial charge in [-0.2, -0.15) is 0 Å². The third-order valence-corrected chi connectivity index (χ3v) is 4.02. The number of aromatic amines is 1. The van der Waals surface area contributed by atoms with Gasteiger partial charge in [0.05, 0.1) is 0 Å². The van der Waals surface area contributed by atoms with Crippen LogP contribution in [0.4, 0.5) is 10.6 Å². The Hall–Kier alpha value is -2.58. The Kier molecular flexibility index (Phi) is 3.94. The van der Waals surface area contributed by atoms with Gasteiger partial charge in [0.1, 0.15) is 17.4 Å². The quantitative estimate of drug-likeness (QED) is 0.810. The van der Waals surface area contributed by atoms with Gasteiger partial charge < -0.3 is 20.4 Å². The van der Waals surface area contributed by atoms with Crippen molar-refractivity contribution in [3.8, 4) is 0 Å². The minimum Gasteiger partial charge on any atom is -0.444 e. The number of ether oxygens (including phenoxy) is 1. The number of amides is 1. The zero-order valence-corrected chi connectivity index (χ0v) is 14.1. The molecule has 0 radical (unpaired) electrons. The molecule has 0 unspecified atom stereocenters. The topological polar surface area (TPSA) is 119 Å². The van der Waals surface area contributed by atoms with Gasteiger partial charge in [-0.25, -0.2) is 19.6 Å². The van der Waals surface area contributed by atoms with E-state index in [1.807, 2.05) is 20.8 Å². The van der Waals surface area contributed by atoms with Gasteiger partial charge in [-0.3, -0.25) is 4.57 Å². The van der Waals surface area contributed by atoms with E-state index in [0.29, 0.717) is 37.1 Å². The van der Waals surface area contributed by atoms with Crippen molar-refractivity contribution >= 4 is 23.1 Å². The number of H-pyrrole nitrogens is 1. The van der Waals surface area contributed by atoms with Crippen molar-refractivity contribution < 1.29 is 9.53 Å². The molecular formula is C15H22N6O3. The van der Waals surface area contributed by atoms with Crippen molar-refractivity contribution in [3.63, 3.8) is 0 Å². The summed E-state index contributed by atoms with van der Waals surface area (Å²) in [6.07, 6.45) is 2.32. The van der Waals surface area contributed by atoms with E-state index in [2.05, 4.69) is 15.0 Å². The fourth-order valence-electron chi connectivity index (χ4n) is 2.93. The largest absolute Gasteiger partial charge is 0.444 e. The van der Waals surface area contributed by atoms with Crippen LogP contribution >= 0.6 is 0 Å². The van der Waals surface area contributed by atoms with Gasteiger partial charge in [0.25, 0.3) is 0 Å². The molecule has 3 rings (SSSR count). The van der Waals surface area contributed by atoms with Crippen LogP contribution in [0.3, 0.4) is 0 Å². The summed E-state index contributed by atoms with van der Waals surface area (Å²) < 4.78 is 7.00. The summed E-state index contributed by atoms with van der Waals surface area (Å²) in [5.74, 6) is 0.252. The summed E-state index contributed by atoms with van der Waals surface area (Å²) in [6, 6.07) is -0.0424. The smallest absolute Gasteiger partial charge is 0.410 e. The normalized spacial score (nSPS) is 16.5. The number of rotatable bonds is 1. The van der Waals surface area contributed by atoms with Gasteiger partial charge in [0.2, 0.25) is 0 Å². The molecule has 0 bridgehead atoms. The number of likely N-dealkylation sites (tertiary alicyclic amines) is 1. The number of aromatic nitrogens is 4. The Bertz CT molecular complexity index is 811. The van der Waals surface area contributed by atoms with Gasteiger partial charge in [0, 0.05) is 19.1 Å². The minimum absolute atomic E-state index is 0.0424. The van der Waals surface area contributed by atoms with Crippen molar-refractivity contribution in [2.24, 2.45) is 0 Å². The molecule has 0 aromatic carbocycles. The fraction of sp³-hybridized carbons (Fsp3) is 0.600. The van der Waals surface area contributed by atoms with Crippen LogP contribution < -0.4 is 11.4 Å². The van der Waals surface area contributed by atoms with E-state index in [9.17, 15) is 9.59 Å². The lowest BCUT2D eigenvalue weighted by atomic mass is 10.1. The molecule has 9 heteroatoms. The highest BCUT2D eigenvalue weighted by Crippen LogP contribution is 2.25. The minimum atomic E-state index is -0.518. The Morgan fingerprint density at radius 3 is 2.62 bits per heavy atom. The maximum absolute atomic E-state index is 12.3. The molecule has 1 aliphatic rings. The highest BCUT2D eigenvalue weighted by molar-refractivity contribution is 5.81. The lowest BCUT2D eigenvalue weighted by Crippen LogP contribution is -2.43. The number of hydrogen-bond donors (Lipinski definition) is 2. The number of piperidine rings is 1. The third kappa shape index (κ3) is 3.06. The molecule has 0 spiro atoms. The summed E-state index contributed by atoms with van der Waals surface area (Å²) in [4.78, 5) is 36.8. The van der Waals surface area contributed by atoms with Gasteiger partial charge in [-0.1, -0.05) is 0 Å². The van der Waals surface area contributed by atoms with Crippen LogP contribution in [0.15, 0.2) is 11.1 Å². The number of imidazole rings is 1. The number of nitrogens with zero attached hydrogens (tertiary/aromatic N) is 4. The van der Waals surface area contributed by atoms with Crippen molar-refractivity contribution in [2.45, 2.75) is 45.3 Å². The maximum Gasteiger partial charge on any atom is 0.410 e.